The first-order valence-electron chi connectivity index (χ1n) is 20.4. The van der Waals surface area contributed by atoms with Crippen molar-refractivity contribution in [2.45, 2.75) is 45.4 Å². The number of aliphatic carboxylic acids is 1. The average Bonchev–Trinajstić information content (AvgIpc) is 4.04. The van der Waals surface area contributed by atoms with Crippen LogP contribution in [0.4, 0.5) is 8.78 Å². The molecule has 0 aliphatic rings. The number of aromatic amines is 2. The zero-order chi connectivity index (χ0) is 46.2. The molecule has 64 heavy (non-hydrogen) atoms. The first kappa shape index (κ1) is 48.8. The summed E-state index contributed by atoms with van der Waals surface area (Å²) in [4.78, 5) is 48.9. The third kappa shape index (κ3) is 14.2. The number of carbonyl (C=O) groups excluding carboxylic acids is 3. The zero-order valence-corrected chi connectivity index (χ0v) is 36.4. The summed E-state index contributed by atoms with van der Waals surface area (Å²) >= 11 is 12.0. The number of rotatable bonds is 21. The van der Waals surface area contributed by atoms with Gasteiger partial charge in [0.1, 0.15) is 23.0 Å². The lowest BCUT2D eigenvalue weighted by Gasteiger charge is -2.21. The van der Waals surface area contributed by atoms with E-state index in [4.69, 9.17) is 39.4 Å². The van der Waals surface area contributed by atoms with Crippen molar-refractivity contribution >= 4 is 46.7 Å². The number of ether oxygens (including phenoxy) is 1. The van der Waals surface area contributed by atoms with Gasteiger partial charge in [0, 0.05) is 47.1 Å². The summed E-state index contributed by atoms with van der Waals surface area (Å²) in [5.41, 5.74) is 15.9. The van der Waals surface area contributed by atoms with E-state index >= 15 is 0 Å². The number of hydrogen-bond donors (Lipinski definition) is 5. The fourth-order valence-electron chi connectivity index (χ4n) is 7.28. The summed E-state index contributed by atoms with van der Waals surface area (Å²) < 4.78 is 33.5. The van der Waals surface area contributed by atoms with Gasteiger partial charge in [0.15, 0.2) is 11.6 Å². The maximum atomic E-state index is 14.2. The minimum atomic E-state index is -0.992. The van der Waals surface area contributed by atoms with Gasteiger partial charge < -0.3 is 21.3 Å². The molecule has 336 valence electrons. The topological polar surface area (TPSA) is 233 Å². The van der Waals surface area contributed by atoms with Crippen molar-refractivity contribution in [3.8, 4) is 22.3 Å². The number of ketones is 2. The molecule has 2 aromatic heterocycles. The largest absolute Gasteiger partial charge is 0.481 e. The molecule has 6 aromatic rings. The summed E-state index contributed by atoms with van der Waals surface area (Å²) in [6, 6.07) is 23.4. The van der Waals surface area contributed by atoms with Gasteiger partial charge in [-0.3, -0.25) is 19.2 Å². The molecule has 2 heterocycles. The summed E-state index contributed by atoms with van der Waals surface area (Å²) in [5, 5.41) is 30.1. The second-order valence-corrected chi connectivity index (χ2v) is 16.0. The molecule has 0 saturated heterocycles. The monoisotopic (exact) mass is 916 g/mol. The van der Waals surface area contributed by atoms with E-state index in [-0.39, 0.29) is 91.4 Å². The van der Waals surface area contributed by atoms with Gasteiger partial charge >= 0.3 is 11.9 Å². The molecular formula is C46H48Cl2F2N8O6. The Bertz CT molecular complexity index is 2460. The Labute approximate surface area is 378 Å². The second kappa shape index (κ2) is 24.0. The number of hydrogen-bond acceptors (Lipinski definition) is 11. The molecule has 0 spiro atoms. The predicted octanol–water partition coefficient (Wildman–Crippen LogP) is 7.97. The van der Waals surface area contributed by atoms with Crippen LogP contribution < -0.4 is 11.5 Å². The molecule has 0 unspecified atom stereocenters. The zero-order valence-electron chi connectivity index (χ0n) is 34.9. The van der Waals surface area contributed by atoms with Crippen molar-refractivity contribution in [1.29, 1.82) is 0 Å². The number of H-pyrrole nitrogens is 2. The molecule has 0 aliphatic heterocycles. The van der Waals surface area contributed by atoms with E-state index in [1.165, 1.54) is 36.7 Å². The highest BCUT2D eigenvalue weighted by Gasteiger charge is 2.27. The van der Waals surface area contributed by atoms with Crippen molar-refractivity contribution in [2.75, 3.05) is 19.7 Å². The van der Waals surface area contributed by atoms with E-state index in [0.717, 1.165) is 11.1 Å². The maximum absolute atomic E-state index is 14.2. The van der Waals surface area contributed by atoms with Crippen LogP contribution in [0.5, 0.6) is 0 Å². The lowest BCUT2D eigenvalue weighted by molar-refractivity contribution is -0.148. The standard InChI is InChI=1S/C24H26ClFN4O3.C22H22ClFN4O3/c1-2-33-24(32)18(13-27)10-16(11-23(31)22-14-28-30-29-22)9-15-3-5-17(6-4-15)20-12-19(25)7-8-21(20)26;23-17-5-6-19(24)18(10-17)15-3-1-13(2-4-15)7-14(8-16(11-25)22(30)31)9-21(29)20-12-26-28-27-20/h3-8,12,14,16,18H,2,9-11,13,27H2,1H3,(H,28,29,30);1-6,10,12,14,16H,7-9,11,25H2,(H,30,31)(H,26,27,28)/t16-,18+;14-,16+/m11/s1. The Hall–Kier alpha value is -6.20. The minimum absolute atomic E-state index is 0.0169. The molecule has 4 atom stereocenters. The van der Waals surface area contributed by atoms with Crippen LogP contribution in [0.15, 0.2) is 97.3 Å². The number of carboxylic acid groups (broad SMARTS) is 1. The van der Waals surface area contributed by atoms with Crippen molar-refractivity contribution in [2.24, 2.45) is 35.1 Å². The van der Waals surface area contributed by atoms with Crippen molar-refractivity contribution in [3.63, 3.8) is 0 Å². The van der Waals surface area contributed by atoms with Crippen molar-refractivity contribution < 1.29 is 37.8 Å². The molecule has 7 N–H and O–H groups in total. The summed E-state index contributed by atoms with van der Waals surface area (Å²) in [7, 11) is 0. The van der Waals surface area contributed by atoms with Gasteiger partial charge in [-0.1, -0.05) is 71.7 Å². The van der Waals surface area contributed by atoms with Crippen molar-refractivity contribution in [1.82, 2.24) is 30.8 Å². The number of nitrogens with zero attached hydrogens (tertiary/aromatic N) is 4. The van der Waals surface area contributed by atoms with Crippen LogP contribution in [0.2, 0.25) is 10.0 Å². The Morgan fingerprint density at radius 2 is 1.09 bits per heavy atom. The number of benzene rings is 4. The first-order chi connectivity index (χ1) is 30.8. The molecule has 0 bridgehead atoms. The highest BCUT2D eigenvalue weighted by atomic mass is 35.5. The van der Waals surface area contributed by atoms with Crippen LogP contribution in [-0.2, 0) is 27.2 Å². The number of nitrogens with two attached hydrogens (primary N) is 2. The van der Waals surface area contributed by atoms with Crippen molar-refractivity contribution in [3.05, 3.63) is 142 Å². The van der Waals surface area contributed by atoms with Crippen LogP contribution in [0.3, 0.4) is 0 Å². The Morgan fingerprint density at radius 1 is 0.672 bits per heavy atom. The molecule has 0 fully saturated rings. The number of aromatic nitrogens is 6. The van der Waals surface area contributed by atoms with E-state index in [1.54, 1.807) is 31.2 Å². The molecule has 0 radical (unpaired) electrons. The normalized spacial score (nSPS) is 12.9. The SMILES string of the molecule is CCOC(=O)[C@H](CN)C[C@H](CC(=O)c1cn[nH]n1)Cc1ccc(-c2cc(Cl)ccc2F)cc1.NC[C@H](C[C@H](CC(=O)c1cn[nH]n1)Cc1ccc(-c2cc(Cl)ccc2F)cc1)C(=O)O. The Balaban J connectivity index is 0.000000241. The minimum Gasteiger partial charge on any atom is -0.481 e. The Morgan fingerprint density at radius 3 is 1.45 bits per heavy atom. The molecule has 0 saturated carbocycles. The number of carbonyl (C=O) groups is 4. The molecule has 6 rings (SSSR count). The van der Waals surface area contributed by atoms with E-state index in [0.29, 0.717) is 51.6 Å². The number of esters is 1. The van der Waals surface area contributed by atoms with Crippen LogP contribution in [0, 0.1) is 35.3 Å². The highest BCUT2D eigenvalue weighted by molar-refractivity contribution is 6.31. The molecule has 0 amide bonds. The van der Waals surface area contributed by atoms with E-state index in [9.17, 15) is 33.1 Å². The summed E-state index contributed by atoms with van der Waals surface area (Å²) in [6.07, 6.45) is 4.63. The third-order valence-electron chi connectivity index (χ3n) is 10.6. The van der Waals surface area contributed by atoms with Gasteiger partial charge in [-0.25, -0.2) is 8.78 Å². The van der Waals surface area contributed by atoms with Gasteiger partial charge in [-0.2, -0.15) is 30.8 Å². The average molecular weight is 918 g/mol. The summed E-state index contributed by atoms with van der Waals surface area (Å²) in [5.74, 6) is -4.20. The number of carboxylic acids is 1. The molecule has 18 heteroatoms. The van der Waals surface area contributed by atoms with E-state index < -0.39 is 17.8 Å². The quantitative estimate of drug-likeness (QED) is 0.0342. The second-order valence-electron chi connectivity index (χ2n) is 15.2. The molecular weight excluding hydrogens is 869 g/mol. The smallest absolute Gasteiger partial charge is 0.310 e. The van der Waals surface area contributed by atoms with E-state index in [2.05, 4.69) is 30.8 Å². The van der Waals surface area contributed by atoms with Crippen LogP contribution in [0.1, 0.15) is 64.7 Å². The van der Waals surface area contributed by atoms with Gasteiger partial charge in [-0.05, 0) is 103 Å². The van der Waals surface area contributed by atoms with E-state index in [1.807, 2.05) is 36.4 Å². The third-order valence-corrected chi connectivity index (χ3v) is 11.0. The highest BCUT2D eigenvalue weighted by Crippen LogP contribution is 2.30. The number of halogens is 4. The molecule has 4 aromatic carbocycles. The lowest BCUT2D eigenvalue weighted by atomic mass is 9.85. The van der Waals surface area contributed by atoms with Gasteiger partial charge in [0.2, 0.25) is 0 Å². The number of Topliss-reactive ketones (excluding diaryl/α,β-unsaturated/α-hetero) is 2. The lowest BCUT2D eigenvalue weighted by Crippen LogP contribution is -2.29. The molecule has 14 nitrogen and oxygen atoms in total. The van der Waals surface area contributed by atoms with Gasteiger partial charge in [-0.15, -0.1) is 0 Å². The fourth-order valence-corrected chi connectivity index (χ4v) is 7.62. The van der Waals surface area contributed by atoms with Crippen LogP contribution in [-0.4, -0.2) is 79.1 Å². The van der Waals surface area contributed by atoms with Crippen LogP contribution >= 0.6 is 23.2 Å². The number of nitrogens with one attached hydrogen (secondary N) is 2. The predicted molar refractivity (Wildman–Crippen MR) is 237 cm³/mol. The maximum Gasteiger partial charge on any atom is 0.310 e. The fraction of sp³-hybridized carbons (Fsp3) is 0.304. The van der Waals surface area contributed by atoms with Crippen LogP contribution in [0.25, 0.3) is 22.3 Å². The Kier molecular flexibility index (Phi) is 18.3. The van der Waals surface area contributed by atoms with Gasteiger partial charge in [0.05, 0.1) is 30.8 Å². The molecule has 0 aliphatic carbocycles. The summed E-state index contributed by atoms with van der Waals surface area (Å²) in [6.45, 7) is 2.11. The van der Waals surface area contributed by atoms with Gasteiger partial charge in [0.25, 0.3) is 0 Å². The first-order valence-corrected chi connectivity index (χ1v) is 21.2.